The van der Waals surface area contributed by atoms with Gasteiger partial charge in [0.25, 0.3) is 0 Å². The lowest BCUT2D eigenvalue weighted by molar-refractivity contribution is 0.533. The molecule has 0 aromatic carbocycles. The number of hydrogen-bond acceptors (Lipinski definition) is 3. The number of alkyl halides is 1. The van der Waals surface area contributed by atoms with Crippen LogP contribution in [0.3, 0.4) is 0 Å². The number of halogens is 1. The second-order valence-electron chi connectivity index (χ2n) is 4.25. The van der Waals surface area contributed by atoms with Crippen LogP contribution in [0.1, 0.15) is 24.8 Å². The first kappa shape index (κ1) is 12.6. The first-order valence-corrected chi connectivity index (χ1v) is 9.04. The summed E-state index contributed by atoms with van der Waals surface area (Å²) in [5.41, 5.74) is 1.23. The summed E-state index contributed by atoms with van der Waals surface area (Å²) in [6.07, 6.45) is 3.49. The van der Waals surface area contributed by atoms with E-state index in [-0.39, 0.29) is 10.1 Å². The lowest BCUT2D eigenvalue weighted by atomic mass is 10.1. The van der Waals surface area contributed by atoms with Crippen molar-refractivity contribution < 1.29 is 8.42 Å². The van der Waals surface area contributed by atoms with Gasteiger partial charge in [-0.3, -0.25) is 0 Å². The zero-order chi connectivity index (χ0) is 11.6. The average molecular weight is 323 g/mol. The van der Waals surface area contributed by atoms with Gasteiger partial charge in [-0.1, -0.05) is 22.4 Å². The SMILES string of the molecule is O=S1(=O)CCCCC1C(Br)Cc1ccsc1. The van der Waals surface area contributed by atoms with Crippen molar-refractivity contribution in [3.8, 4) is 0 Å². The smallest absolute Gasteiger partial charge is 0.154 e. The van der Waals surface area contributed by atoms with Crippen molar-refractivity contribution in [1.82, 2.24) is 0 Å². The zero-order valence-corrected chi connectivity index (χ0v) is 12.2. The van der Waals surface area contributed by atoms with Crippen LogP contribution < -0.4 is 0 Å². The summed E-state index contributed by atoms with van der Waals surface area (Å²) in [6, 6.07) is 2.06. The van der Waals surface area contributed by atoms with E-state index in [9.17, 15) is 8.42 Å². The van der Waals surface area contributed by atoms with Crippen molar-refractivity contribution in [2.45, 2.75) is 35.8 Å². The minimum atomic E-state index is -2.87. The molecular formula is C11H15BrO2S2. The molecule has 0 saturated carbocycles. The maximum absolute atomic E-state index is 11.9. The van der Waals surface area contributed by atoms with Crippen molar-refractivity contribution in [2.24, 2.45) is 0 Å². The maximum atomic E-state index is 11.9. The molecule has 1 fully saturated rings. The molecule has 1 aromatic heterocycles. The summed E-state index contributed by atoms with van der Waals surface area (Å²) < 4.78 is 23.8. The second kappa shape index (κ2) is 5.19. The van der Waals surface area contributed by atoms with E-state index in [0.29, 0.717) is 5.75 Å². The molecule has 1 saturated heterocycles. The summed E-state index contributed by atoms with van der Waals surface area (Å²) in [7, 11) is -2.87. The van der Waals surface area contributed by atoms with E-state index in [1.165, 1.54) is 5.56 Å². The molecule has 1 aromatic rings. The highest BCUT2D eigenvalue weighted by Crippen LogP contribution is 2.28. The van der Waals surface area contributed by atoms with Crippen molar-refractivity contribution in [3.63, 3.8) is 0 Å². The molecule has 2 rings (SSSR count). The van der Waals surface area contributed by atoms with Gasteiger partial charge in [-0.15, -0.1) is 0 Å². The highest BCUT2D eigenvalue weighted by Gasteiger charge is 2.34. The summed E-state index contributed by atoms with van der Waals surface area (Å²) in [5.74, 6) is 0.364. The molecule has 2 heterocycles. The van der Waals surface area contributed by atoms with Crippen LogP contribution in [0, 0.1) is 0 Å². The Morgan fingerprint density at radius 3 is 2.94 bits per heavy atom. The zero-order valence-electron chi connectivity index (χ0n) is 8.93. The number of thiophene rings is 1. The van der Waals surface area contributed by atoms with Gasteiger partial charge < -0.3 is 0 Å². The van der Waals surface area contributed by atoms with Gasteiger partial charge in [-0.2, -0.15) is 11.3 Å². The van der Waals surface area contributed by atoms with Crippen LogP contribution in [0.15, 0.2) is 16.8 Å². The van der Waals surface area contributed by atoms with E-state index in [2.05, 4.69) is 27.4 Å². The molecule has 2 unspecified atom stereocenters. The van der Waals surface area contributed by atoms with Crippen molar-refractivity contribution in [3.05, 3.63) is 22.4 Å². The summed E-state index contributed by atoms with van der Waals surface area (Å²) in [6.45, 7) is 0. The summed E-state index contributed by atoms with van der Waals surface area (Å²) in [5, 5.41) is 3.93. The molecule has 0 spiro atoms. The Hall–Kier alpha value is 0.130. The van der Waals surface area contributed by atoms with Gasteiger partial charge in [0.15, 0.2) is 9.84 Å². The van der Waals surface area contributed by atoms with Gasteiger partial charge in [-0.05, 0) is 41.7 Å². The van der Waals surface area contributed by atoms with Crippen LogP contribution in [0.2, 0.25) is 0 Å². The Morgan fingerprint density at radius 2 is 2.31 bits per heavy atom. The highest BCUT2D eigenvalue weighted by atomic mass is 79.9. The highest BCUT2D eigenvalue weighted by molar-refractivity contribution is 9.09. The average Bonchev–Trinajstić information content (AvgIpc) is 2.69. The van der Waals surface area contributed by atoms with Gasteiger partial charge in [0.2, 0.25) is 0 Å². The monoisotopic (exact) mass is 322 g/mol. The van der Waals surface area contributed by atoms with Crippen LogP contribution in [-0.2, 0) is 16.3 Å². The molecule has 0 radical (unpaired) electrons. The Morgan fingerprint density at radius 1 is 1.50 bits per heavy atom. The topological polar surface area (TPSA) is 34.1 Å². The molecule has 0 N–H and O–H groups in total. The standard InChI is InChI=1S/C11H15BrO2S2/c12-10(7-9-4-5-15-8-9)11-3-1-2-6-16(11,13)14/h4-5,8,10-11H,1-3,6-7H2. The minimum Gasteiger partial charge on any atom is -0.229 e. The lowest BCUT2D eigenvalue weighted by Crippen LogP contribution is -2.36. The summed E-state index contributed by atoms with van der Waals surface area (Å²) >= 11 is 5.22. The molecule has 0 amide bonds. The number of rotatable bonds is 3. The van der Waals surface area contributed by atoms with Crippen molar-refractivity contribution >= 4 is 37.1 Å². The first-order chi connectivity index (χ1) is 7.59. The second-order valence-corrected chi connectivity index (χ2v) is 8.55. The fourth-order valence-corrected chi connectivity index (χ4v) is 6.44. The van der Waals surface area contributed by atoms with E-state index in [0.717, 1.165) is 25.7 Å². The quantitative estimate of drug-likeness (QED) is 0.801. The fraction of sp³-hybridized carbons (Fsp3) is 0.636. The summed E-state index contributed by atoms with van der Waals surface area (Å²) in [4.78, 5) is 0.0624. The third-order valence-corrected chi connectivity index (χ3v) is 7.43. The number of hydrogen-bond donors (Lipinski definition) is 0. The maximum Gasteiger partial charge on any atom is 0.154 e. The Balaban J connectivity index is 2.06. The van der Waals surface area contributed by atoms with Crippen molar-refractivity contribution in [1.29, 1.82) is 0 Å². The lowest BCUT2D eigenvalue weighted by Gasteiger charge is -2.26. The molecule has 2 atom stereocenters. The van der Waals surface area contributed by atoms with E-state index in [1.54, 1.807) is 11.3 Å². The molecule has 90 valence electrons. The molecule has 2 nitrogen and oxygen atoms in total. The van der Waals surface area contributed by atoms with Crippen LogP contribution in [-0.4, -0.2) is 24.2 Å². The molecule has 1 aliphatic heterocycles. The van der Waals surface area contributed by atoms with E-state index in [1.807, 2.05) is 5.38 Å². The number of sulfone groups is 1. The molecule has 0 aliphatic carbocycles. The van der Waals surface area contributed by atoms with Crippen LogP contribution in [0.25, 0.3) is 0 Å². The van der Waals surface area contributed by atoms with E-state index < -0.39 is 9.84 Å². The van der Waals surface area contributed by atoms with Gasteiger partial charge in [0.1, 0.15) is 0 Å². The predicted octanol–water partition coefficient (Wildman–Crippen LogP) is 3.02. The molecule has 1 aliphatic rings. The van der Waals surface area contributed by atoms with E-state index in [4.69, 9.17) is 0 Å². The third kappa shape index (κ3) is 2.87. The molecule has 16 heavy (non-hydrogen) atoms. The van der Waals surface area contributed by atoms with Crippen molar-refractivity contribution in [2.75, 3.05) is 5.75 Å². The Kier molecular flexibility index (Phi) is 4.08. The van der Waals surface area contributed by atoms with Gasteiger partial charge in [0.05, 0.1) is 11.0 Å². The molecular weight excluding hydrogens is 308 g/mol. The van der Waals surface area contributed by atoms with Crippen LogP contribution >= 0.6 is 27.3 Å². The Labute approximate surface area is 109 Å². The first-order valence-electron chi connectivity index (χ1n) is 5.46. The van der Waals surface area contributed by atoms with Gasteiger partial charge in [0, 0.05) is 4.83 Å². The third-order valence-electron chi connectivity index (χ3n) is 3.04. The van der Waals surface area contributed by atoms with E-state index >= 15 is 0 Å². The van der Waals surface area contributed by atoms with Gasteiger partial charge >= 0.3 is 0 Å². The van der Waals surface area contributed by atoms with Gasteiger partial charge in [-0.25, -0.2) is 8.42 Å². The molecule has 0 bridgehead atoms. The normalized spacial score (nSPS) is 26.4. The van der Waals surface area contributed by atoms with Crippen LogP contribution in [0.5, 0.6) is 0 Å². The minimum absolute atomic E-state index is 0.0624. The molecule has 5 heteroatoms. The largest absolute Gasteiger partial charge is 0.229 e. The Bertz CT molecular complexity index is 425. The fourth-order valence-electron chi connectivity index (χ4n) is 2.15. The predicted molar refractivity (Wildman–Crippen MR) is 72.2 cm³/mol. The van der Waals surface area contributed by atoms with Crippen LogP contribution in [0.4, 0.5) is 0 Å².